The van der Waals surface area contributed by atoms with Gasteiger partial charge in [-0.3, -0.25) is 0 Å². The lowest BCUT2D eigenvalue weighted by molar-refractivity contribution is -0.00132. The summed E-state index contributed by atoms with van der Waals surface area (Å²) in [6.45, 7) is 7.08. The molecule has 26 heavy (non-hydrogen) atoms. The van der Waals surface area contributed by atoms with Crippen LogP contribution in [0.15, 0.2) is 24.9 Å². The fourth-order valence-corrected chi connectivity index (χ4v) is 3.46. The van der Waals surface area contributed by atoms with E-state index in [-0.39, 0.29) is 17.7 Å². The minimum Gasteiger partial charge on any atom is -0.368 e. The molecule has 0 saturated carbocycles. The van der Waals surface area contributed by atoms with Gasteiger partial charge in [0.05, 0.1) is 23.2 Å². The second-order valence-electron chi connectivity index (χ2n) is 7.77. The van der Waals surface area contributed by atoms with Crippen molar-refractivity contribution >= 4 is 16.9 Å². The Kier molecular flexibility index (Phi) is 4.14. The van der Waals surface area contributed by atoms with Crippen molar-refractivity contribution in [3.05, 3.63) is 30.7 Å². The molecule has 4 heterocycles. The molecule has 0 unspecified atom stereocenters. The Hall–Kier alpha value is -2.48. The Morgan fingerprint density at radius 1 is 1.23 bits per heavy atom. The maximum absolute atomic E-state index is 6.05. The molecule has 1 fully saturated rings. The lowest BCUT2D eigenvalue weighted by atomic mass is 10.0. The van der Waals surface area contributed by atoms with Crippen LogP contribution in [0.5, 0.6) is 0 Å². The van der Waals surface area contributed by atoms with E-state index >= 15 is 0 Å². The van der Waals surface area contributed by atoms with Crippen LogP contribution >= 0.6 is 0 Å². The van der Waals surface area contributed by atoms with Crippen LogP contribution in [0.25, 0.3) is 11.0 Å². The van der Waals surface area contributed by atoms with E-state index in [2.05, 4.69) is 46.1 Å². The lowest BCUT2D eigenvalue weighted by Gasteiger charge is -2.32. The largest absolute Gasteiger partial charge is 0.368 e. The van der Waals surface area contributed by atoms with Crippen molar-refractivity contribution in [3.8, 4) is 0 Å². The van der Waals surface area contributed by atoms with Crippen molar-refractivity contribution in [2.75, 3.05) is 11.9 Å². The van der Waals surface area contributed by atoms with Crippen molar-refractivity contribution in [3.63, 3.8) is 0 Å². The molecule has 8 heteroatoms. The van der Waals surface area contributed by atoms with E-state index in [9.17, 15) is 0 Å². The van der Waals surface area contributed by atoms with Crippen LogP contribution in [0.1, 0.15) is 45.5 Å². The van der Waals surface area contributed by atoms with E-state index < -0.39 is 0 Å². The topological polar surface area (TPSA) is 82.7 Å². The maximum Gasteiger partial charge on any atom is 0.163 e. The number of aryl methyl sites for hydroxylation is 1. The molecule has 3 aromatic heterocycles. The summed E-state index contributed by atoms with van der Waals surface area (Å²) in [6.07, 6.45) is 9.08. The number of anilines is 1. The first kappa shape index (κ1) is 17.0. The van der Waals surface area contributed by atoms with E-state index in [0.29, 0.717) is 0 Å². The van der Waals surface area contributed by atoms with Crippen LogP contribution in [0.4, 0.5) is 5.82 Å². The molecular formula is C18H25N7O. The Morgan fingerprint density at radius 3 is 2.81 bits per heavy atom. The zero-order valence-corrected chi connectivity index (χ0v) is 15.7. The third-order valence-corrected chi connectivity index (χ3v) is 4.76. The second-order valence-corrected chi connectivity index (χ2v) is 7.77. The van der Waals surface area contributed by atoms with E-state index in [0.717, 1.165) is 42.1 Å². The highest BCUT2D eigenvalue weighted by molar-refractivity contribution is 5.86. The lowest BCUT2D eigenvalue weighted by Crippen LogP contribution is -2.35. The molecule has 4 rings (SSSR count). The number of ether oxygens (including phenoxy) is 1. The highest BCUT2D eigenvalue weighted by atomic mass is 16.5. The van der Waals surface area contributed by atoms with Crippen LogP contribution in [-0.4, -0.2) is 41.9 Å². The van der Waals surface area contributed by atoms with Gasteiger partial charge in [-0.2, -0.15) is 5.10 Å². The average molecular weight is 355 g/mol. The van der Waals surface area contributed by atoms with Gasteiger partial charge in [-0.15, -0.1) is 0 Å². The summed E-state index contributed by atoms with van der Waals surface area (Å²) in [7, 11) is 1.99. The Morgan fingerprint density at radius 2 is 2.08 bits per heavy atom. The van der Waals surface area contributed by atoms with E-state index in [1.807, 2.05) is 28.7 Å². The molecule has 3 aromatic rings. The summed E-state index contributed by atoms with van der Waals surface area (Å²) < 4.78 is 9.99. The highest BCUT2D eigenvalue weighted by Gasteiger charge is 2.31. The molecule has 1 saturated heterocycles. The monoisotopic (exact) mass is 355 g/mol. The summed E-state index contributed by atoms with van der Waals surface area (Å²) in [5.74, 6) is 1.72. The first-order valence-electron chi connectivity index (χ1n) is 9.00. The van der Waals surface area contributed by atoms with Gasteiger partial charge < -0.3 is 14.6 Å². The van der Waals surface area contributed by atoms with Crippen LogP contribution in [-0.2, 0) is 17.3 Å². The number of nitrogens with zero attached hydrogens (tertiary/aromatic N) is 6. The smallest absolute Gasteiger partial charge is 0.163 e. The van der Waals surface area contributed by atoms with E-state index in [4.69, 9.17) is 4.74 Å². The molecule has 0 spiro atoms. The van der Waals surface area contributed by atoms with Gasteiger partial charge >= 0.3 is 0 Å². The molecule has 0 aliphatic carbocycles. The fourth-order valence-electron chi connectivity index (χ4n) is 3.46. The standard InChI is InChI=1S/C18H25N7O/c1-18(2,3)25-16-12(10-22-25)15(20-11-21-16)23-13-6-5-9-26-14(13)17-19-7-8-24(17)4/h7-8,10-11,13-14H,5-6,9H2,1-4H3,(H,20,21,23)/t13-,14-/m0/s1. The third kappa shape index (κ3) is 2.94. The predicted octanol–water partition coefficient (Wildman–Crippen LogP) is 2.65. The van der Waals surface area contributed by atoms with Gasteiger partial charge in [-0.1, -0.05) is 0 Å². The SMILES string of the molecule is Cn1ccnc1[C@H]1OCCC[C@@H]1Nc1ncnc2c1cnn2C(C)(C)C. The first-order valence-corrected chi connectivity index (χ1v) is 9.00. The van der Waals surface area contributed by atoms with Crippen molar-refractivity contribution in [1.82, 2.24) is 29.3 Å². The van der Waals surface area contributed by atoms with Gasteiger partial charge in [0.25, 0.3) is 0 Å². The van der Waals surface area contributed by atoms with Gasteiger partial charge in [0.15, 0.2) is 5.65 Å². The van der Waals surface area contributed by atoms with E-state index in [1.165, 1.54) is 0 Å². The van der Waals surface area contributed by atoms with Gasteiger partial charge in [-0.25, -0.2) is 19.6 Å². The van der Waals surface area contributed by atoms with Crippen molar-refractivity contribution < 1.29 is 4.74 Å². The maximum atomic E-state index is 6.05. The first-order chi connectivity index (χ1) is 12.4. The summed E-state index contributed by atoms with van der Waals surface area (Å²) in [5, 5.41) is 9.02. The molecule has 2 atom stereocenters. The van der Waals surface area contributed by atoms with Crippen molar-refractivity contribution in [1.29, 1.82) is 0 Å². The molecule has 0 amide bonds. The Bertz CT molecular complexity index is 908. The summed E-state index contributed by atoms with van der Waals surface area (Å²) in [6, 6.07) is 0.0981. The van der Waals surface area contributed by atoms with Crippen LogP contribution in [0.2, 0.25) is 0 Å². The Balaban J connectivity index is 1.68. The van der Waals surface area contributed by atoms with Gasteiger partial charge in [0.2, 0.25) is 0 Å². The molecule has 1 aliphatic rings. The molecular weight excluding hydrogens is 330 g/mol. The summed E-state index contributed by atoms with van der Waals surface area (Å²) in [4.78, 5) is 13.4. The quantitative estimate of drug-likeness (QED) is 0.778. The van der Waals surface area contributed by atoms with Gasteiger partial charge in [0, 0.05) is 26.0 Å². The fraction of sp³-hybridized carbons (Fsp3) is 0.556. The molecule has 138 valence electrons. The molecule has 0 bridgehead atoms. The van der Waals surface area contributed by atoms with Crippen molar-refractivity contribution in [2.24, 2.45) is 7.05 Å². The molecule has 1 N–H and O–H groups in total. The number of imidazole rings is 1. The molecule has 0 aromatic carbocycles. The number of aromatic nitrogens is 6. The zero-order chi connectivity index (χ0) is 18.3. The van der Waals surface area contributed by atoms with E-state index in [1.54, 1.807) is 12.5 Å². The van der Waals surface area contributed by atoms with Crippen LogP contribution in [0.3, 0.4) is 0 Å². The normalized spacial score (nSPS) is 21.2. The number of nitrogens with one attached hydrogen (secondary N) is 1. The van der Waals surface area contributed by atoms with Crippen LogP contribution in [0, 0.1) is 0 Å². The van der Waals surface area contributed by atoms with Crippen LogP contribution < -0.4 is 5.32 Å². The Labute approximate surface area is 152 Å². The number of fused-ring (bicyclic) bond motifs is 1. The minimum absolute atomic E-state index is 0.0981. The third-order valence-electron chi connectivity index (χ3n) is 4.76. The predicted molar refractivity (Wildman–Crippen MR) is 98.9 cm³/mol. The zero-order valence-electron chi connectivity index (χ0n) is 15.7. The highest BCUT2D eigenvalue weighted by Crippen LogP contribution is 2.31. The second kappa shape index (κ2) is 6.35. The molecule has 8 nitrogen and oxygen atoms in total. The summed E-state index contributed by atoms with van der Waals surface area (Å²) >= 11 is 0. The van der Waals surface area contributed by atoms with Crippen molar-refractivity contribution in [2.45, 2.75) is 51.3 Å². The minimum atomic E-state index is -0.142. The number of hydrogen-bond donors (Lipinski definition) is 1. The average Bonchev–Trinajstić information content (AvgIpc) is 3.22. The molecule has 0 radical (unpaired) electrons. The summed E-state index contributed by atoms with van der Waals surface area (Å²) in [5.41, 5.74) is 0.692. The van der Waals surface area contributed by atoms with Gasteiger partial charge in [-0.05, 0) is 33.6 Å². The van der Waals surface area contributed by atoms with Gasteiger partial charge in [0.1, 0.15) is 24.1 Å². The number of hydrogen-bond acceptors (Lipinski definition) is 6. The molecule has 1 aliphatic heterocycles. The number of rotatable bonds is 3.